The third-order valence-corrected chi connectivity index (χ3v) is 7.37. The normalized spacial score (nSPS) is 19.4. The standard InChI is InChI=1S/C18H18S2/c1-13-6-7-16-17(8-13)20-12-18(11-19-16)9-14-4-2-3-5-15(14)10-18/h2-8H,9-12H2,1H3. The van der Waals surface area contributed by atoms with Crippen molar-refractivity contribution >= 4 is 23.5 Å². The van der Waals surface area contributed by atoms with Crippen LogP contribution in [0, 0.1) is 12.3 Å². The van der Waals surface area contributed by atoms with E-state index in [1.165, 1.54) is 39.7 Å². The van der Waals surface area contributed by atoms with E-state index >= 15 is 0 Å². The molecule has 0 atom stereocenters. The van der Waals surface area contributed by atoms with E-state index in [2.05, 4.69) is 72.9 Å². The summed E-state index contributed by atoms with van der Waals surface area (Å²) in [6.07, 6.45) is 2.52. The van der Waals surface area contributed by atoms with Crippen LogP contribution in [0.5, 0.6) is 0 Å². The van der Waals surface area contributed by atoms with Crippen LogP contribution >= 0.6 is 23.5 Å². The summed E-state index contributed by atoms with van der Waals surface area (Å²) in [5.74, 6) is 2.51. The van der Waals surface area contributed by atoms with E-state index in [1.54, 1.807) is 11.1 Å². The molecule has 2 heteroatoms. The Morgan fingerprint density at radius 3 is 2.20 bits per heavy atom. The van der Waals surface area contributed by atoms with Gasteiger partial charge in [-0.1, -0.05) is 30.3 Å². The van der Waals surface area contributed by atoms with Crippen LogP contribution in [0.15, 0.2) is 52.3 Å². The second kappa shape index (κ2) is 4.85. The Hall–Kier alpha value is -0.860. The largest absolute Gasteiger partial charge is 0.124 e. The smallest absolute Gasteiger partial charge is 0.0211 e. The van der Waals surface area contributed by atoms with Crippen molar-refractivity contribution < 1.29 is 0 Å². The predicted octanol–water partition coefficient (Wildman–Crippen LogP) is 4.98. The van der Waals surface area contributed by atoms with Gasteiger partial charge in [-0.3, -0.25) is 0 Å². The molecule has 0 aromatic heterocycles. The molecule has 1 heterocycles. The zero-order valence-electron chi connectivity index (χ0n) is 11.7. The van der Waals surface area contributed by atoms with Gasteiger partial charge in [0.2, 0.25) is 0 Å². The Balaban J connectivity index is 1.63. The molecular formula is C18H18S2. The number of rotatable bonds is 0. The average molecular weight is 298 g/mol. The topological polar surface area (TPSA) is 0 Å². The molecule has 0 N–H and O–H groups in total. The lowest BCUT2D eigenvalue weighted by Gasteiger charge is -2.25. The van der Waals surface area contributed by atoms with Crippen LogP contribution in [0.1, 0.15) is 16.7 Å². The molecule has 20 heavy (non-hydrogen) atoms. The monoisotopic (exact) mass is 298 g/mol. The Bertz CT molecular complexity index is 635. The van der Waals surface area contributed by atoms with Crippen LogP contribution in [0.25, 0.3) is 0 Å². The number of benzene rings is 2. The fourth-order valence-electron chi connectivity index (χ4n) is 3.33. The zero-order chi connectivity index (χ0) is 13.6. The predicted molar refractivity (Wildman–Crippen MR) is 88.9 cm³/mol. The maximum atomic E-state index is 2.36. The number of thioether (sulfide) groups is 2. The van der Waals surface area contributed by atoms with Crippen molar-refractivity contribution in [3.63, 3.8) is 0 Å². The van der Waals surface area contributed by atoms with Gasteiger partial charge < -0.3 is 0 Å². The van der Waals surface area contributed by atoms with Crippen molar-refractivity contribution in [1.29, 1.82) is 0 Å². The van der Waals surface area contributed by atoms with E-state index in [4.69, 9.17) is 0 Å². The molecule has 102 valence electrons. The molecule has 0 saturated heterocycles. The zero-order valence-corrected chi connectivity index (χ0v) is 13.3. The Morgan fingerprint density at radius 2 is 1.50 bits per heavy atom. The summed E-state index contributed by atoms with van der Waals surface area (Å²) >= 11 is 4.13. The molecule has 1 aliphatic carbocycles. The summed E-state index contributed by atoms with van der Waals surface area (Å²) in [4.78, 5) is 2.97. The summed E-state index contributed by atoms with van der Waals surface area (Å²) in [6, 6.07) is 15.9. The summed E-state index contributed by atoms with van der Waals surface area (Å²) in [5.41, 5.74) is 5.00. The van der Waals surface area contributed by atoms with Gasteiger partial charge in [0, 0.05) is 21.3 Å². The summed E-state index contributed by atoms with van der Waals surface area (Å²) < 4.78 is 0. The fourth-order valence-corrected chi connectivity index (χ4v) is 6.19. The van der Waals surface area contributed by atoms with E-state index < -0.39 is 0 Å². The Kier molecular flexibility index (Phi) is 3.12. The van der Waals surface area contributed by atoms with Crippen LogP contribution in [0.3, 0.4) is 0 Å². The number of hydrogen-bond acceptors (Lipinski definition) is 2. The molecule has 0 unspecified atom stereocenters. The minimum absolute atomic E-state index is 0.464. The van der Waals surface area contributed by atoms with Gasteiger partial charge in [0.25, 0.3) is 0 Å². The number of aryl methyl sites for hydroxylation is 1. The molecular weight excluding hydrogens is 280 g/mol. The molecule has 0 bridgehead atoms. The molecule has 0 fully saturated rings. The molecule has 4 rings (SSSR count). The van der Waals surface area contributed by atoms with E-state index in [1.807, 2.05) is 0 Å². The third kappa shape index (κ3) is 2.19. The highest BCUT2D eigenvalue weighted by Crippen LogP contribution is 2.48. The molecule has 2 aromatic carbocycles. The van der Waals surface area contributed by atoms with Crippen LogP contribution in [-0.2, 0) is 12.8 Å². The second-order valence-electron chi connectivity index (χ2n) is 6.15. The summed E-state index contributed by atoms with van der Waals surface area (Å²) in [5, 5.41) is 0. The highest BCUT2D eigenvalue weighted by atomic mass is 32.2. The maximum Gasteiger partial charge on any atom is 0.0211 e. The quantitative estimate of drug-likeness (QED) is 0.673. The van der Waals surface area contributed by atoms with Gasteiger partial charge in [0.15, 0.2) is 0 Å². The molecule has 1 aliphatic heterocycles. The summed E-state index contributed by atoms with van der Waals surface area (Å²) in [7, 11) is 0. The Morgan fingerprint density at radius 1 is 0.850 bits per heavy atom. The van der Waals surface area contributed by atoms with Crippen molar-refractivity contribution in [2.24, 2.45) is 5.41 Å². The van der Waals surface area contributed by atoms with Gasteiger partial charge in [-0.05, 0) is 54.0 Å². The lowest BCUT2D eigenvalue weighted by Crippen LogP contribution is -2.26. The van der Waals surface area contributed by atoms with Gasteiger partial charge in [-0.2, -0.15) is 0 Å². The van der Waals surface area contributed by atoms with Crippen molar-refractivity contribution in [2.45, 2.75) is 29.6 Å². The van der Waals surface area contributed by atoms with Gasteiger partial charge in [0.05, 0.1) is 0 Å². The average Bonchev–Trinajstić information content (AvgIpc) is 2.73. The molecule has 0 nitrogen and oxygen atoms in total. The van der Waals surface area contributed by atoms with E-state index in [0.717, 1.165) is 0 Å². The molecule has 0 saturated carbocycles. The van der Waals surface area contributed by atoms with E-state index in [9.17, 15) is 0 Å². The molecule has 0 amide bonds. The summed E-state index contributed by atoms with van der Waals surface area (Å²) in [6.45, 7) is 2.19. The Labute approximate surface area is 129 Å². The first-order valence-electron chi connectivity index (χ1n) is 7.17. The lowest BCUT2D eigenvalue weighted by molar-refractivity contribution is 0.414. The van der Waals surface area contributed by atoms with Crippen molar-refractivity contribution in [2.75, 3.05) is 11.5 Å². The second-order valence-corrected chi connectivity index (χ2v) is 8.18. The number of fused-ring (bicyclic) bond motifs is 2. The van der Waals surface area contributed by atoms with Gasteiger partial charge in [0.1, 0.15) is 0 Å². The molecule has 2 aliphatic rings. The first-order chi connectivity index (χ1) is 9.74. The third-order valence-electron chi connectivity index (χ3n) is 4.42. The van der Waals surface area contributed by atoms with Crippen molar-refractivity contribution in [3.05, 3.63) is 59.2 Å². The highest BCUT2D eigenvalue weighted by Gasteiger charge is 2.38. The van der Waals surface area contributed by atoms with Crippen LogP contribution in [0.2, 0.25) is 0 Å². The van der Waals surface area contributed by atoms with Crippen molar-refractivity contribution in [1.82, 2.24) is 0 Å². The first-order valence-corrected chi connectivity index (χ1v) is 9.14. The van der Waals surface area contributed by atoms with Crippen LogP contribution in [-0.4, -0.2) is 11.5 Å². The van der Waals surface area contributed by atoms with E-state index in [-0.39, 0.29) is 0 Å². The lowest BCUT2D eigenvalue weighted by atomic mass is 9.89. The van der Waals surface area contributed by atoms with Gasteiger partial charge in [-0.25, -0.2) is 0 Å². The molecule has 2 aromatic rings. The molecule has 1 spiro atoms. The van der Waals surface area contributed by atoms with Crippen LogP contribution < -0.4 is 0 Å². The maximum absolute atomic E-state index is 2.36. The molecule has 0 radical (unpaired) electrons. The van der Waals surface area contributed by atoms with Crippen LogP contribution in [0.4, 0.5) is 0 Å². The minimum Gasteiger partial charge on any atom is -0.124 e. The first kappa shape index (κ1) is 12.8. The van der Waals surface area contributed by atoms with Gasteiger partial charge in [-0.15, -0.1) is 23.5 Å². The van der Waals surface area contributed by atoms with Gasteiger partial charge >= 0.3 is 0 Å². The minimum atomic E-state index is 0.464. The van der Waals surface area contributed by atoms with Crippen molar-refractivity contribution in [3.8, 4) is 0 Å². The van der Waals surface area contributed by atoms with E-state index in [0.29, 0.717) is 5.41 Å². The highest BCUT2D eigenvalue weighted by molar-refractivity contribution is 8.03. The number of hydrogen-bond donors (Lipinski definition) is 0. The fraction of sp³-hybridized carbons (Fsp3) is 0.333. The SMILES string of the molecule is Cc1ccc2c(c1)SCC1(CS2)Cc2ccccc2C1.